The minimum atomic E-state index is -0.0770. The molecular formula is C16H19N3O2. The molecule has 0 fully saturated rings. The van der Waals surface area contributed by atoms with E-state index in [0.29, 0.717) is 24.2 Å². The summed E-state index contributed by atoms with van der Waals surface area (Å²) < 4.78 is 4.95. The van der Waals surface area contributed by atoms with E-state index in [-0.39, 0.29) is 5.91 Å². The molecule has 21 heavy (non-hydrogen) atoms. The van der Waals surface area contributed by atoms with Gasteiger partial charge in [0.1, 0.15) is 5.76 Å². The van der Waals surface area contributed by atoms with Gasteiger partial charge in [-0.15, -0.1) is 0 Å². The Balaban J connectivity index is 1.73. The molecule has 1 aromatic carbocycles. The minimum Gasteiger partial charge on any atom is -0.360 e. The van der Waals surface area contributed by atoms with Crippen molar-refractivity contribution in [1.29, 1.82) is 0 Å². The number of carbonyl (C=O) groups is 1. The van der Waals surface area contributed by atoms with Crippen LogP contribution in [0.3, 0.4) is 0 Å². The number of aromatic nitrogens is 1. The smallest absolute Gasteiger partial charge is 0.245 e. The molecule has 1 N–H and O–H groups in total. The molecule has 5 nitrogen and oxygen atoms in total. The molecule has 0 aliphatic carbocycles. The number of anilines is 2. The molecule has 0 spiro atoms. The molecule has 1 atom stereocenters. The van der Waals surface area contributed by atoms with Crippen LogP contribution in [-0.2, 0) is 11.2 Å². The number of hydrogen-bond donors (Lipinski definition) is 1. The molecule has 1 aromatic heterocycles. The lowest BCUT2D eigenvalue weighted by atomic mass is 9.97. The number of nitrogens with zero attached hydrogens (tertiary/aromatic N) is 2. The highest BCUT2D eigenvalue weighted by molar-refractivity contribution is 5.93. The summed E-state index contributed by atoms with van der Waals surface area (Å²) in [5.74, 6) is 1.07. The number of benzene rings is 1. The highest BCUT2D eigenvalue weighted by Crippen LogP contribution is 2.30. The number of nitrogens with one attached hydrogen (secondary N) is 1. The third kappa shape index (κ3) is 2.91. The summed E-state index contributed by atoms with van der Waals surface area (Å²) in [5, 5.41) is 6.56. The van der Waals surface area contributed by atoms with Crippen molar-refractivity contribution in [1.82, 2.24) is 5.16 Å². The van der Waals surface area contributed by atoms with E-state index >= 15 is 0 Å². The first kappa shape index (κ1) is 13.7. The van der Waals surface area contributed by atoms with Crippen LogP contribution in [0, 0.1) is 6.92 Å². The van der Waals surface area contributed by atoms with Gasteiger partial charge in [0.15, 0.2) is 5.82 Å². The van der Waals surface area contributed by atoms with Gasteiger partial charge in [0.2, 0.25) is 5.91 Å². The number of rotatable bonds is 3. The molecule has 1 aliphatic heterocycles. The maximum absolute atomic E-state index is 12.2. The van der Waals surface area contributed by atoms with Crippen molar-refractivity contribution in [3.63, 3.8) is 0 Å². The molecular weight excluding hydrogens is 266 g/mol. The number of aryl methyl sites for hydroxylation is 2. The second kappa shape index (κ2) is 5.60. The second-order valence-electron chi connectivity index (χ2n) is 5.52. The minimum absolute atomic E-state index is 0.0770. The summed E-state index contributed by atoms with van der Waals surface area (Å²) in [7, 11) is 0. The molecule has 0 saturated heterocycles. The Morgan fingerprint density at radius 2 is 2.29 bits per heavy atom. The van der Waals surface area contributed by atoms with Crippen LogP contribution in [0.4, 0.5) is 11.5 Å². The highest BCUT2D eigenvalue weighted by Gasteiger charge is 2.24. The fourth-order valence-electron chi connectivity index (χ4n) is 2.76. The Bertz CT molecular complexity index is 650. The predicted octanol–water partition coefficient (Wildman–Crippen LogP) is 2.76. The molecule has 3 rings (SSSR count). The van der Waals surface area contributed by atoms with Crippen LogP contribution in [0.1, 0.15) is 24.7 Å². The van der Waals surface area contributed by atoms with Crippen molar-refractivity contribution < 1.29 is 9.32 Å². The van der Waals surface area contributed by atoms with Crippen molar-refractivity contribution in [2.24, 2.45) is 0 Å². The molecule has 1 aliphatic rings. The number of carbonyl (C=O) groups excluding carboxylic acids is 1. The largest absolute Gasteiger partial charge is 0.360 e. The Hall–Kier alpha value is -2.30. The first-order chi connectivity index (χ1) is 10.1. The topological polar surface area (TPSA) is 58.4 Å². The Labute approximate surface area is 123 Å². The molecule has 110 valence electrons. The molecule has 2 heterocycles. The zero-order valence-corrected chi connectivity index (χ0v) is 12.3. The molecule has 0 unspecified atom stereocenters. The molecule has 0 saturated carbocycles. The van der Waals surface area contributed by atoms with Gasteiger partial charge < -0.3 is 14.7 Å². The van der Waals surface area contributed by atoms with Crippen LogP contribution < -0.4 is 10.2 Å². The molecule has 1 amide bonds. The maximum Gasteiger partial charge on any atom is 0.245 e. The van der Waals surface area contributed by atoms with Crippen LogP contribution >= 0.6 is 0 Å². The van der Waals surface area contributed by atoms with E-state index in [9.17, 15) is 4.79 Å². The summed E-state index contributed by atoms with van der Waals surface area (Å²) in [6.45, 7) is 4.28. The normalized spacial score (nSPS) is 17.4. The van der Waals surface area contributed by atoms with Crippen LogP contribution in [0.25, 0.3) is 0 Å². The van der Waals surface area contributed by atoms with Gasteiger partial charge in [0, 0.05) is 17.8 Å². The zero-order valence-electron chi connectivity index (χ0n) is 12.3. The van der Waals surface area contributed by atoms with Gasteiger partial charge >= 0.3 is 0 Å². The van der Waals surface area contributed by atoms with Crippen molar-refractivity contribution in [2.75, 3.05) is 16.8 Å². The summed E-state index contributed by atoms with van der Waals surface area (Å²) in [6, 6.07) is 10.3. The Kier molecular flexibility index (Phi) is 3.64. The van der Waals surface area contributed by atoms with Gasteiger partial charge in [-0.1, -0.05) is 23.4 Å². The van der Waals surface area contributed by atoms with Gasteiger partial charge in [-0.2, -0.15) is 0 Å². The van der Waals surface area contributed by atoms with Gasteiger partial charge in [-0.3, -0.25) is 4.79 Å². The lowest BCUT2D eigenvalue weighted by molar-refractivity contribution is -0.115. The van der Waals surface area contributed by atoms with Crippen molar-refractivity contribution in [3.8, 4) is 0 Å². The van der Waals surface area contributed by atoms with Crippen LogP contribution in [-0.4, -0.2) is 23.7 Å². The van der Waals surface area contributed by atoms with Crippen LogP contribution in [0.2, 0.25) is 0 Å². The summed E-state index contributed by atoms with van der Waals surface area (Å²) in [5.41, 5.74) is 2.46. The van der Waals surface area contributed by atoms with E-state index in [0.717, 1.165) is 18.5 Å². The fourth-order valence-corrected chi connectivity index (χ4v) is 2.76. The monoisotopic (exact) mass is 285 g/mol. The highest BCUT2D eigenvalue weighted by atomic mass is 16.5. The first-order valence-corrected chi connectivity index (χ1v) is 7.21. The van der Waals surface area contributed by atoms with E-state index < -0.39 is 0 Å². The SMILES string of the molecule is Cc1cc(NC(=O)CN2c3ccccc3CC[C@H]2C)no1. The Morgan fingerprint density at radius 3 is 3.05 bits per heavy atom. The summed E-state index contributed by atoms with van der Waals surface area (Å²) in [6.07, 6.45) is 2.13. The van der Waals surface area contributed by atoms with Crippen LogP contribution in [0.15, 0.2) is 34.9 Å². The quantitative estimate of drug-likeness (QED) is 0.942. The van der Waals surface area contributed by atoms with Crippen molar-refractivity contribution >= 4 is 17.4 Å². The van der Waals surface area contributed by atoms with E-state index in [2.05, 4.69) is 34.4 Å². The fraction of sp³-hybridized carbons (Fsp3) is 0.375. The Morgan fingerprint density at radius 1 is 1.48 bits per heavy atom. The lowest BCUT2D eigenvalue weighted by Gasteiger charge is -2.36. The third-order valence-corrected chi connectivity index (χ3v) is 3.87. The first-order valence-electron chi connectivity index (χ1n) is 7.21. The second-order valence-corrected chi connectivity index (χ2v) is 5.52. The van der Waals surface area contributed by atoms with E-state index in [1.54, 1.807) is 13.0 Å². The summed E-state index contributed by atoms with van der Waals surface area (Å²) in [4.78, 5) is 14.4. The number of hydrogen-bond acceptors (Lipinski definition) is 4. The van der Waals surface area contributed by atoms with Gasteiger partial charge in [-0.05, 0) is 38.3 Å². The van der Waals surface area contributed by atoms with Crippen LogP contribution in [0.5, 0.6) is 0 Å². The zero-order chi connectivity index (χ0) is 14.8. The van der Waals surface area contributed by atoms with E-state index in [4.69, 9.17) is 4.52 Å². The van der Waals surface area contributed by atoms with Crippen molar-refractivity contribution in [3.05, 3.63) is 41.7 Å². The predicted molar refractivity (Wildman–Crippen MR) is 81.4 cm³/mol. The standard InChI is InChI=1S/C16H19N3O2/c1-11-7-8-13-5-3-4-6-14(13)19(11)10-16(20)17-15-9-12(2)21-18-15/h3-6,9,11H,7-8,10H2,1-2H3,(H,17,18,20)/t11-/m1/s1. The lowest BCUT2D eigenvalue weighted by Crippen LogP contribution is -2.42. The number of fused-ring (bicyclic) bond motifs is 1. The summed E-state index contributed by atoms with van der Waals surface area (Å²) >= 11 is 0. The number of amides is 1. The molecule has 5 heteroatoms. The third-order valence-electron chi connectivity index (χ3n) is 3.87. The van der Waals surface area contributed by atoms with Gasteiger partial charge in [0.05, 0.1) is 6.54 Å². The molecule has 0 radical (unpaired) electrons. The average molecular weight is 285 g/mol. The van der Waals surface area contributed by atoms with E-state index in [1.807, 2.05) is 12.1 Å². The number of para-hydroxylation sites is 1. The van der Waals surface area contributed by atoms with E-state index in [1.165, 1.54) is 5.56 Å². The average Bonchev–Trinajstić information content (AvgIpc) is 2.87. The van der Waals surface area contributed by atoms with Crippen molar-refractivity contribution in [2.45, 2.75) is 32.7 Å². The maximum atomic E-state index is 12.2. The van der Waals surface area contributed by atoms with Gasteiger partial charge in [-0.25, -0.2) is 0 Å². The van der Waals surface area contributed by atoms with Gasteiger partial charge in [0.25, 0.3) is 0 Å². The molecule has 2 aromatic rings. The molecule has 0 bridgehead atoms.